The normalized spacial score (nSPS) is 13.4. The Morgan fingerprint density at radius 1 is 1.26 bits per heavy atom. The van der Waals surface area contributed by atoms with Crippen LogP contribution in [0.25, 0.3) is 17.5 Å². The van der Waals surface area contributed by atoms with Gasteiger partial charge in [-0.15, -0.1) is 0 Å². The van der Waals surface area contributed by atoms with Crippen molar-refractivity contribution in [3.05, 3.63) is 83.2 Å². The first kappa shape index (κ1) is 18.9. The fourth-order valence-corrected chi connectivity index (χ4v) is 2.79. The molecule has 1 heterocycles. The molecule has 0 unspecified atom stereocenters. The predicted molar refractivity (Wildman–Crippen MR) is 103 cm³/mol. The molecule has 0 saturated carbocycles. The molecule has 2 aromatic carbocycles. The second kappa shape index (κ2) is 8.20. The Balaban J connectivity index is 1.85. The molecule has 0 bridgehead atoms. The van der Waals surface area contributed by atoms with Crippen LogP contribution in [0.3, 0.4) is 0 Å². The molecule has 0 aliphatic rings. The number of methoxy groups -OCH3 is 1. The molecule has 0 amide bonds. The predicted octanol–water partition coefficient (Wildman–Crippen LogP) is 4.16. The van der Waals surface area contributed by atoms with E-state index in [1.165, 1.54) is 19.4 Å². The Morgan fingerprint density at radius 2 is 2.04 bits per heavy atom. The molecule has 27 heavy (non-hydrogen) atoms. The molecule has 5 nitrogen and oxygen atoms in total. The molecule has 1 aromatic heterocycles. The van der Waals surface area contributed by atoms with Gasteiger partial charge >= 0.3 is 5.97 Å². The van der Waals surface area contributed by atoms with Gasteiger partial charge in [0, 0.05) is 10.6 Å². The smallest absolute Gasteiger partial charge is 0.342 e. The van der Waals surface area contributed by atoms with Crippen molar-refractivity contribution in [2.24, 2.45) is 0 Å². The van der Waals surface area contributed by atoms with Crippen molar-refractivity contribution < 1.29 is 19.1 Å². The lowest BCUT2D eigenvalue weighted by atomic mass is 9.97. The molecule has 0 aliphatic carbocycles. The quantitative estimate of drug-likeness (QED) is 0.647. The summed E-state index contributed by atoms with van der Waals surface area (Å²) in [6.07, 6.45) is 4.35. The minimum absolute atomic E-state index is 0.115. The van der Waals surface area contributed by atoms with Crippen LogP contribution in [0.5, 0.6) is 0 Å². The highest BCUT2D eigenvalue weighted by atomic mass is 35.5. The van der Waals surface area contributed by atoms with Crippen LogP contribution in [0.4, 0.5) is 0 Å². The highest BCUT2D eigenvalue weighted by molar-refractivity contribution is 6.30. The van der Waals surface area contributed by atoms with Crippen LogP contribution in [-0.2, 0) is 16.0 Å². The number of oxazole rings is 1. The Morgan fingerprint density at radius 3 is 2.74 bits per heavy atom. The first-order valence-electron chi connectivity index (χ1n) is 8.26. The van der Waals surface area contributed by atoms with E-state index in [0.717, 1.165) is 11.1 Å². The molecule has 0 aliphatic heterocycles. The maximum Gasteiger partial charge on any atom is 0.342 e. The summed E-state index contributed by atoms with van der Waals surface area (Å²) in [5.74, 6) is -0.0208. The number of aromatic nitrogens is 1. The Labute approximate surface area is 161 Å². The van der Waals surface area contributed by atoms with Crippen LogP contribution in [-0.4, -0.2) is 28.8 Å². The molecule has 138 valence electrons. The molecule has 0 saturated heterocycles. The average Bonchev–Trinajstić information content (AvgIpc) is 3.15. The number of hydrogen-bond acceptors (Lipinski definition) is 5. The second-order valence-electron chi connectivity index (χ2n) is 5.98. The standard InChI is InChI=1S/C21H18ClNO4/c1-26-20(24)21(25,11-10-15-6-5-9-17(22)12-15)13-18-14-23-19(27-18)16-7-3-2-4-8-16/h2-12,14,25H,13H2,1H3/b11-10+/t21-/m0/s1. The van der Waals surface area contributed by atoms with Crippen molar-refractivity contribution in [3.63, 3.8) is 0 Å². The molecule has 3 rings (SSSR count). The van der Waals surface area contributed by atoms with Gasteiger partial charge in [0.1, 0.15) is 5.76 Å². The zero-order valence-corrected chi connectivity index (χ0v) is 15.4. The summed E-state index contributed by atoms with van der Waals surface area (Å²) in [5, 5.41) is 11.4. The minimum atomic E-state index is -1.90. The Hall–Kier alpha value is -2.89. The van der Waals surface area contributed by atoms with Crippen LogP contribution >= 0.6 is 11.6 Å². The summed E-state index contributed by atoms with van der Waals surface area (Å²) in [4.78, 5) is 16.4. The monoisotopic (exact) mass is 383 g/mol. The maximum atomic E-state index is 12.2. The molecule has 0 radical (unpaired) electrons. The van der Waals surface area contributed by atoms with Crippen molar-refractivity contribution >= 4 is 23.6 Å². The van der Waals surface area contributed by atoms with E-state index in [4.69, 9.17) is 20.8 Å². The lowest BCUT2D eigenvalue weighted by Gasteiger charge is -2.20. The zero-order valence-electron chi connectivity index (χ0n) is 14.6. The van der Waals surface area contributed by atoms with E-state index in [9.17, 15) is 9.90 Å². The van der Waals surface area contributed by atoms with Gasteiger partial charge in [0.05, 0.1) is 19.7 Å². The van der Waals surface area contributed by atoms with Crippen molar-refractivity contribution in [2.45, 2.75) is 12.0 Å². The first-order chi connectivity index (χ1) is 13.0. The molecular formula is C21H18ClNO4. The van der Waals surface area contributed by atoms with Crippen molar-refractivity contribution in [2.75, 3.05) is 7.11 Å². The van der Waals surface area contributed by atoms with Crippen LogP contribution < -0.4 is 0 Å². The lowest BCUT2D eigenvalue weighted by molar-refractivity contribution is -0.157. The van der Waals surface area contributed by atoms with E-state index < -0.39 is 11.6 Å². The van der Waals surface area contributed by atoms with Gasteiger partial charge in [-0.25, -0.2) is 9.78 Å². The van der Waals surface area contributed by atoms with Crippen LogP contribution in [0.1, 0.15) is 11.3 Å². The van der Waals surface area contributed by atoms with Gasteiger partial charge in [-0.2, -0.15) is 0 Å². The van der Waals surface area contributed by atoms with Crippen molar-refractivity contribution in [3.8, 4) is 11.5 Å². The number of benzene rings is 2. The second-order valence-corrected chi connectivity index (χ2v) is 6.42. The fraction of sp³-hybridized carbons (Fsp3) is 0.143. The average molecular weight is 384 g/mol. The van der Waals surface area contributed by atoms with Gasteiger partial charge in [0.2, 0.25) is 5.89 Å². The molecule has 3 aromatic rings. The van der Waals surface area contributed by atoms with E-state index in [0.29, 0.717) is 16.7 Å². The van der Waals surface area contributed by atoms with Gasteiger partial charge in [0.15, 0.2) is 5.60 Å². The fourth-order valence-electron chi connectivity index (χ4n) is 2.59. The number of hydrogen-bond donors (Lipinski definition) is 1. The van der Waals surface area contributed by atoms with Gasteiger partial charge in [-0.3, -0.25) is 0 Å². The van der Waals surface area contributed by atoms with E-state index in [-0.39, 0.29) is 6.42 Å². The summed E-state index contributed by atoms with van der Waals surface area (Å²) in [6.45, 7) is 0. The largest absolute Gasteiger partial charge is 0.467 e. The van der Waals surface area contributed by atoms with Gasteiger partial charge in [-0.1, -0.05) is 48.0 Å². The van der Waals surface area contributed by atoms with Gasteiger partial charge < -0.3 is 14.3 Å². The number of halogens is 1. The van der Waals surface area contributed by atoms with E-state index in [1.54, 1.807) is 24.3 Å². The molecule has 1 atom stereocenters. The Kier molecular flexibility index (Phi) is 5.74. The molecule has 6 heteroatoms. The summed E-state index contributed by atoms with van der Waals surface area (Å²) < 4.78 is 10.5. The summed E-state index contributed by atoms with van der Waals surface area (Å²) in [7, 11) is 1.22. The van der Waals surface area contributed by atoms with E-state index in [1.807, 2.05) is 36.4 Å². The summed E-state index contributed by atoms with van der Waals surface area (Å²) in [5.41, 5.74) is -0.350. The zero-order chi connectivity index (χ0) is 19.3. The first-order valence-corrected chi connectivity index (χ1v) is 8.64. The topological polar surface area (TPSA) is 72.6 Å². The highest BCUT2D eigenvalue weighted by Gasteiger charge is 2.36. The number of rotatable bonds is 6. The molecule has 0 spiro atoms. The number of nitrogens with zero attached hydrogens (tertiary/aromatic N) is 1. The number of carbonyl (C=O) groups excluding carboxylic acids is 1. The lowest BCUT2D eigenvalue weighted by Crippen LogP contribution is -2.39. The number of aliphatic hydroxyl groups is 1. The summed E-state index contributed by atoms with van der Waals surface area (Å²) in [6, 6.07) is 16.4. The van der Waals surface area contributed by atoms with Gasteiger partial charge in [-0.05, 0) is 35.9 Å². The third kappa shape index (κ3) is 4.64. The summed E-state index contributed by atoms with van der Waals surface area (Å²) >= 11 is 5.96. The molecule has 0 fully saturated rings. The number of ether oxygens (including phenoxy) is 1. The highest BCUT2D eigenvalue weighted by Crippen LogP contribution is 2.24. The maximum absolute atomic E-state index is 12.2. The minimum Gasteiger partial charge on any atom is -0.467 e. The van der Waals surface area contributed by atoms with Gasteiger partial charge in [0.25, 0.3) is 0 Å². The third-order valence-corrected chi connectivity index (χ3v) is 4.19. The molecular weight excluding hydrogens is 366 g/mol. The van der Waals surface area contributed by atoms with Crippen LogP contribution in [0.2, 0.25) is 5.02 Å². The third-order valence-electron chi connectivity index (χ3n) is 3.96. The Bertz CT molecular complexity index is 952. The van der Waals surface area contributed by atoms with Crippen LogP contribution in [0.15, 0.2) is 71.3 Å². The number of carbonyl (C=O) groups is 1. The van der Waals surface area contributed by atoms with E-state index in [2.05, 4.69) is 4.98 Å². The van der Waals surface area contributed by atoms with E-state index >= 15 is 0 Å². The van der Waals surface area contributed by atoms with Crippen molar-refractivity contribution in [1.82, 2.24) is 4.98 Å². The van der Waals surface area contributed by atoms with Crippen LogP contribution in [0, 0.1) is 0 Å². The van der Waals surface area contributed by atoms with Crippen molar-refractivity contribution in [1.29, 1.82) is 0 Å². The molecule has 1 N–H and O–H groups in total. The number of esters is 1. The SMILES string of the molecule is COC(=O)[C@](O)(/C=C/c1cccc(Cl)c1)Cc1cnc(-c2ccccc2)o1.